The van der Waals surface area contributed by atoms with Crippen molar-refractivity contribution in [1.29, 1.82) is 0 Å². The summed E-state index contributed by atoms with van der Waals surface area (Å²) in [4.78, 5) is 0. The fourth-order valence-corrected chi connectivity index (χ4v) is 3.24. The van der Waals surface area contributed by atoms with Gasteiger partial charge < -0.3 is 39.2 Å². The minimum Gasteiger partial charge on any atom is -0.539 e. The van der Waals surface area contributed by atoms with Crippen LogP contribution >= 0.6 is 46.4 Å². The summed E-state index contributed by atoms with van der Waals surface area (Å²) in [6.07, 6.45) is 2.84. The first-order valence-electron chi connectivity index (χ1n) is 11.3. The van der Waals surface area contributed by atoms with Gasteiger partial charge in [0, 0.05) is 13.1 Å². The van der Waals surface area contributed by atoms with Crippen LogP contribution in [0.3, 0.4) is 0 Å². The van der Waals surface area contributed by atoms with E-state index in [0.717, 1.165) is 12.8 Å². The van der Waals surface area contributed by atoms with Gasteiger partial charge in [-0.15, -0.1) is 30.9 Å². The SMILES string of the molecule is CCCC[B-]12O/N=C(Cl)/C(Cl)=N/O[B-](CCCC)(O/N=C(Cl)/C(Cl)=N/O1)O/N=C1\NCCN\C1=N/O2.[Fe+2]. The molecular weight excluding hydrogens is 620 g/mol. The number of fused-ring (bicyclic) bond motifs is 8. The van der Waals surface area contributed by atoms with Crippen molar-refractivity contribution in [2.45, 2.75) is 52.2 Å². The Hall–Kier alpha value is -1.77. The van der Waals surface area contributed by atoms with Crippen LogP contribution in [0, 0.1) is 0 Å². The molecule has 206 valence electrons. The first-order chi connectivity index (χ1) is 17.3. The first-order valence-corrected chi connectivity index (χ1v) is 12.8. The minimum atomic E-state index is -2.89. The fraction of sp³-hybridized carbons (Fsp3) is 0.625. The molecule has 1 fully saturated rings. The number of amidine groups is 2. The Morgan fingerprint density at radius 3 is 1.19 bits per heavy atom. The number of unbranched alkanes of at least 4 members (excludes halogenated alkanes) is 2. The average Bonchev–Trinajstić information content (AvgIpc) is 2.90. The topological polar surface area (TPSA) is 154 Å². The van der Waals surface area contributed by atoms with Gasteiger partial charge in [-0.2, -0.15) is 0 Å². The molecular formula is C16H24B2Cl4FeN8O6. The number of halogens is 4. The van der Waals surface area contributed by atoms with Crippen LogP contribution in [0.15, 0.2) is 30.9 Å². The van der Waals surface area contributed by atoms with Gasteiger partial charge in [-0.3, -0.25) is 0 Å². The summed E-state index contributed by atoms with van der Waals surface area (Å²) in [5.41, 5.74) is 0. The minimum absolute atomic E-state index is 0. The van der Waals surface area contributed by atoms with E-state index in [1.54, 1.807) is 0 Å². The van der Waals surface area contributed by atoms with Crippen LogP contribution in [0.5, 0.6) is 0 Å². The zero-order valence-corrected chi connectivity index (χ0v) is 23.9. The van der Waals surface area contributed by atoms with Crippen molar-refractivity contribution < 1.29 is 45.6 Å². The molecule has 4 aliphatic rings. The molecule has 4 rings (SSSR count). The van der Waals surface area contributed by atoms with Crippen molar-refractivity contribution in [2.24, 2.45) is 30.9 Å². The molecule has 0 aliphatic carbocycles. The van der Waals surface area contributed by atoms with Crippen molar-refractivity contribution in [2.75, 3.05) is 13.1 Å². The summed E-state index contributed by atoms with van der Waals surface area (Å²) >= 11 is 24.6. The number of rotatable bonds is 6. The Bertz CT molecular complexity index is 873. The van der Waals surface area contributed by atoms with E-state index in [0.29, 0.717) is 25.9 Å². The molecule has 21 heteroatoms. The van der Waals surface area contributed by atoms with Crippen LogP contribution in [-0.4, -0.2) is 59.0 Å². The summed E-state index contributed by atoms with van der Waals surface area (Å²) in [6, 6.07) is 0. The molecule has 0 unspecified atom stereocenters. The van der Waals surface area contributed by atoms with Crippen molar-refractivity contribution in [3.63, 3.8) is 0 Å². The molecule has 1 saturated heterocycles. The van der Waals surface area contributed by atoms with Gasteiger partial charge in [0.1, 0.15) is 0 Å². The van der Waals surface area contributed by atoms with Crippen LogP contribution in [0.2, 0.25) is 12.6 Å². The van der Waals surface area contributed by atoms with Crippen molar-refractivity contribution in [3.05, 3.63) is 0 Å². The molecule has 0 saturated carbocycles. The summed E-state index contributed by atoms with van der Waals surface area (Å²) in [5, 5.41) is 27.9. The Morgan fingerprint density at radius 1 is 0.595 bits per heavy atom. The quantitative estimate of drug-likeness (QED) is 0.417. The first kappa shape index (κ1) is 31.4. The number of hydrogen-bond acceptors (Lipinski definition) is 14. The van der Waals surface area contributed by atoms with Gasteiger partial charge >= 0.3 is 30.6 Å². The Balaban J connectivity index is 0.00000481. The molecule has 4 heterocycles. The predicted octanol–water partition coefficient (Wildman–Crippen LogP) is 3.62. The van der Waals surface area contributed by atoms with E-state index < -0.39 is 34.2 Å². The summed E-state index contributed by atoms with van der Waals surface area (Å²) < 4.78 is 33.6. The second-order valence-electron chi connectivity index (χ2n) is 7.76. The van der Waals surface area contributed by atoms with Gasteiger partial charge in [-0.05, 0) is 0 Å². The third-order valence-corrected chi connectivity index (χ3v) is 6.07. The molecule has 2 bridgehead atoms. The fourth-order valence-electron chi connectivity index (χ4n) is 2.94. The third-order valence-electron chi connectivity index (χ3n) is 4.88. The van der Waals surface area contributed by atoms with Crippen LogP contribution in [-0.2, 0) is 45.6 Å². The van der Waals surface area contributed by atoms with Gasteiger partial charge in [0.25, 0.3) is 0 Å². The molecule has 0 radical (unpaired) electrons. The molecule has 0 aromatic heterocycles. The maximum atomic E-state index is 6.16. The van der Waals surface area contributed by atoms with E-state index in [1.165, 1.54) is 0 Å². The zero-order chi connectivity index (χ0) is 26.0. The van der Waals surface area contributed by atoms with Crippen LogP contribution in [0.4, 0.5) is 0 Å². The summed E-state index contributed by atoms with van der Waals surface area (Å²) in [7, 11) is 0. The van der Waals surface area contributed by atoms with E-state index in [-0.39, 0.29) is 41.4 Å². The van der Waals surface area contributed by atoms with Crippen LogP contribution in [0.1, 0.15) is 39.5 Å². The van der Waals surface area contributed by atoms with Gasteiger partial charge in [0.05, 0.1) is 0 Å². The number of oxime groups is 6. The van der Waals surface area contributed by atoms with E-state index in [2.05, 4.69) is 41.6 Å². The predicted molar refractivity (Wildman–Crippen MR) is 141 cm³/mol. The van der Waals surface area contributed by atoms with Crippen molar-refractivity contribution in [1.82, 2.24) is 10.6 Å². The summed E-state index contributed by atoms with van der Waals surface area (Å²) in [6.45, 7) is -0.877. The van der Waals surface area contributed by atoms with E-state index in [9.17, 15) is 0 Å². The van der Waals surface area contributed by atoms with Crippen LogP contribution < -0.4 is 10.6 Å². The molecule has 0 atom stereocenters. The maximum Gasteiger partial charge on any atom is 2.00 e. The van der Waals surface area contributed by atoms with E-state index >= 15 is 0 Å². The number of piperazine rings is 1. The van der Waals surface area contributed by atoms with Gasteiger partial charge in [0.15, 0.2) is 0 Å². The standard InChI is InChI=1S/C16H24B2Cl4N8O6.Fe/c1-3-5-7-17-31-25-11(19)13(21)27-33-18(8-6-4-2,34-28-14(22)12(20)26-32-17)36-30-16-15(29-35-17)23-9-10-24-16;/h3-10H2,1-2H3,(H,23,29)(H,24,30);/q-2;+2/b25-11-,26-12-,27-13-,28-14-;. The maximum absolute atomic E-state index is 6.16. The van der Waals surface area contributed by atoms with Gasteiger partial charge in [-0.1, -0.05) is 98.6 Å². The Morgan fingerprint density at radius 2 is 0.892 bits per heavy atom. The second kappa shape index (κ2) is 15.0. The monoisotopic (exact) mass is 642 g/mol. The van der Waals surface area contributed by atoms with Gasteiger partial charge in [-0.25, -0.2) is 0 Å². The average molecular weight is 644 g/mol. The smallest absolute Gasteiger partial charge is 0.539 e. The normalized spacial score (nSPS) is 34.4. The zero-order valence-electron chi connectivity index (χ0n) is 19.8. The molecule has 4 aliphatic heterocycles. The largest absolute Gasteiger partial charge is 2.00 e. The molecule has 0 aromatic rings. The molecule has 0 amide bonds. The Labute approximate surface area is 243 Å². The molecule has 0 spiro atoms. The molecule has 2 N–H and O–H groups in total. The molecule has 14 nitrogen and oxygen atoms in total. The third kappa shape index (κ3) is 8.89. The van der Waals surface area contributed by atoms with E-state index in [1.807, 2.05) is 13.8 Å². The number of nitrogens with zero attached hydrogens (tertiary/aromatic N) is 6. The van der Waals surface area contributed by atoms with Gasteiger partial charge in [0.2, 0.25) is 32.4 Å². The number of nitrogens with one attached hydrogen (secondary N) is 2. The summed E-state index contributed by atoms with van der Waals surface area (Å²) in [5.74, 6) is 0.331. The Kier molecular flexibility index (Phi) is 12.7. The second-order valence-corrected chi connectivity index (χ2v) is 9.19. The van der Waals surface area contributed by atoms with Crippen molar-refractivity contribution in [3.8, 4) is 0 Å². The van der Waals surface area contributed by atoms with Crippen molar-refractivity contribution >= 4 is 92.3 Å². The molecule has 0 aromatic carbocycles. The number of hydrogen-bond donors (Lipinski definition) is 2. The van der Waals surface area contributed by atoms with E-state index in [4.69, 9.17) is 74.9 Å². The molecule has 37 heavy (non-hydrogen) atoms. The van der Waals surface area contributed by atoms with Crippen LogP contribution in [0.25, 0.3) is 0 Å².